The molecule has 9 aromatic rings. The van der Waals surface area contributed by atoms with Gasteiger partial charge in [-0.2, -0.15) is 15.0 Å². The van der Waals surface area contributed by atoms with E-state index in [0.29, 0.717) is 122 Å². The van der Waals surface area contributed by atoms with Gasteiger partial charge in [-0.1, -0.05) is 0 Å². The molecule has 3 saturated heterocycles. The van der Waals surface area contributed by atoms with Crippen LogP contribution in [0.15, 0.2) is 151 Å². The van der Waals surface area contributed by atoms with E-state index in [2.05, 4.69) is 86.0 Å². The van der Waals surface area contributed by atoms with Gasteiger partial charge in [-0.15, -0.1) is 23.2 Å². The number of aromatic nitrogens is 9. The highest BCUT2D eigenvalue weighted by Crippen LogP contribution is 2.37. The van der Waals surface area contributed by atoms with E-state index in [1.54, 1.807) is 190 Å². The van der Waals surface area contributed by atoms with Gasteiger partial charge >= 0.3 is 12.2 Å². The van der Waals surface area contributed by atoms with Crippen molar-refractivity contribution in [2.75, 3.05) is 95.4 Å². The average Bonchev–Trinajstić information content (AvgIpc) is 0.807. The number of nitrogens with one attached hydrogen (secondary N) is 2. The quantitative estimate of drug-likeness (QED) is 0.0754. The van der Waals surface area contributed by atoms with Crippen molar-refractivity contribution in [3.63, 3.8) is 0 Å². The highest BCUT2D eigenvalue weighted by Gasteiger charge is 2.34. The molecule has 9 heterocycles. The number of carbonyl (C=O) groups is 5. The molecule has 34 heteroatoms. The van der Waals surface area contributed by atoms with Gasteiger partial charge < -0.3 is 58.3 Å². The van der Waals surface area contributed by atoms with Crippen LogP contribution in [0.1, 0.15) is 41.5 Å². The number of alkyl halides is 2. The lowest BCUT2D eigenvalue weighted by Gasteiger charge is -2.35. The molecule has 0 unspecified atom stereocenters. The van der Waals surface area contributed by atoms with E-state index in [1.807, 2.05) is 0 Å². The van der Waals surface area contributed by atoms with Gasteiger partial charge in [0.05, 0.1) is 69.8 Å². The molecule has 0 aliphatic carbocycles. The second-order valence-corrected chi connectivity index (χ2v) is 26.3. The minimum atomic E-state index is -0.667. The fourth-order valence-electron chi connectivity index (χ4n) is 9.57. The second kappa shape index (κ2) is 39.1. The maximum atomic E-state index is 13.1. The standard InChI is InChI=1S/C26H26N6O5.C21H18N6O3.C17H11BrN4O2.C9H16N2O3.CH2Cl2/c1-26(2,3)37-25(34)31-10-11-32(22(33)16-31)21-15-29-23(17-12-18(27-4)14-28-13-17)30-24(21)36-20-8-6-19(35-5)7-9-20;1-22-15-9-14(10-24-11-15)20-25-12-18(27-8-7-23-13-19(27)28)21(26-20)30-17-5-3-16(29-2)4-6-17;1-19-12-7-11(8-20-9-12)16-21-10-15(18)17(22-16)24-14-5-3-13(23-2)4-6-14;1-9(2,3)14-8(13)11-5-4-10-7(12)6-11;2-1-3/h6-9,12-15H,10-11,16H2,1-3,5H3;3-6,9-12,23H,7-8,13H2,2H3;3-10H,2H3;4-6H2,1-3H3,(H,10,12);1H2. The summed E-state index contributed by atoms with van der Waals surface area (Å²) in [6.45, 7) is 35.0. The number of piperazine rings is 3. The molecule has 2 N–H and O–H groups in total. The first-order chi connectivity index (χ1) is 51.8. The lowest BCUT2D eigenvalue weighted by Crippen LogP contribution is -2.53. The molecule has 3 aromatic carbocycles. The number of methoxy groups -OCH3 is 3. The summed E-state index contributed by atoms with van der Waals surface area (Å²) in [6, 6.07) is 26.1. The molecule has 3 aliphatic rings. The molecule has 558 valence electrons. The van der Waals surface area contributed by atoms with E-state index < -0.39 is 23.4 Å². The third-order valence-corrected chi connectivity index (χ3v) is 15.1. The molecule has 5 amide bonds. The van der Waals surface area contributed by atoms with E-state index in [-0.39, 0.29) is 73.4 Å². The van der Waals surface area contributed by atoms with Crippen molar-refractivity contribution in [2.24, 2.45) is 0 Å². The lowest BCUT2D eigenvalue weighted by atomic mass is 10.2. The Morgan fingerprint density at radius 1 is 0.491 bits per heavy atom. The zero-order chi connectivity index (χ0) is 77.9. The Hall–Kier alpha value is -12.4. The van der Waals surface area contributed by atoms with Crippen LogP contribution in [-0.2, 0) is 23.9 Å². The first kappa shape index (κ1) is 81.3. The summed E-state index contributed by atoms with van der Waals surface area (Å²) in [5.74, 6) is 5.00. The maximum absolute atomic E-state index is 13.1. The average molecular weight is 1570 g/mol. The number of hydrogen-bond acceptors (Lipinski definition) is 23. The Morgan fingerprint density at radius 3 is 1.23 bits per heavy atom. The lowest BCUT2D eigenvalue weighted by molar-refractivity contribution is -0.124. The minimum absolute atomic E-state index is 0.0890. The first-order valence-electron chi connectivity index (χ1n) is 32.7. The van der Waals surface area contributed by atoms with Crippen LogP contribution in [-0.4, -0.2) is 181 Å². The van der Waals surface area contributed by atoms with Gasteiger partial charge in [0.25, 0.3) is 0 Å². The topological polar surface area (TPSA) is 325 Å². The number of pyridine rings is 3. The van der Waals surface area contributed by atoms with Crippen LogP contribution >= 0.6 is 39.1 Å². The zero-order valence-electron chi connectivity index (χ0n) is 60.0. The van der Waals surface area contributed by atoms with Gasteiger partial charge in [0, 0.05) is 99.3 Å². The largest absolute Gasteiger partial charge is 0.497 e. The van der Waals surface area contributed by atoms with E-state index in [0.717, 1.165) is 5.75 Å². The van der Waals surface area contributed by atoms with Crippen LogP contribution < -0.4 is 48.9 Å². The minimum Gasteiger partial charge on any atom is -0.497 e. The number of benzene rings is 3. The summed E-state index contributed by atoms with van der Waals surface area (Å²) in [6.07, 6.45) is 12.8. The van der Waals surface area contributed by atoms with Crippen molar-refractivity contribution in [1.82, 2.24) is 65.3 Å². The first-order valence-corrected chi connectivity index (χ1v) is 34.6. The van der Waals surface area contributed by atoms with Crippen molar-refractivity contribution < 1.29 is 61.9 Å². The van der Waals surface area contributed by atoms with Gasteiger partial charge in [0.1, 0.15) is 70.2 Å². The summed E-state index contributed by atoms with van der Waals surface area (Å²) in [5.41, 5.74) is 2.57. The Kier molecular flexibility index (Phi) is 29.4. The molecule has 0 spiro atoms. The van der Waals surface area contributed by atoms with Crippen LogP contribution in [0.2, 0.25) is 0 Å². The highest BCUT2D eigenvalue weighted by atomic mass is 79.9. The number of ether oxygens (including phenoxy) is 8. The predicted molar refractivity (Wildman–Crippen MR) is 404 cm³/mol. The van der Waals surface area contributed by atoms with E-state index in [4.69, 9.17) is 80.8 Å². The summed E-state index contributed by atoms with van der Waals surface area (Å²) in [7, 11) is 4.76. The van der Waals surface area contributed by atoms with Crippen LogP contribution in [0.3, 0.4) is 0 Å². The van der Waals surface area contributed by atoms with Crippen molar-refractivity contribution in [3.05, 3.63) is 185 Å². The third-order valence-electron chi connectivity index (χ3n) is 14.6. The number of nitrogens with zero attached hydrogens (tertiary/aromatic N) is 16. The summed E-state index contributed by atoms with van der Waals surface area (Å²) < 4.78 is 44.6. The molecule has 6 aromatic heterocycles. The summed E-state index contributed by atoms with van der Waals surface area (Å²) in [4.78, 5) is 115. The van der Waals surface area contributed by atoms with Crippen LogP contribution in [0.4, 0.5) is 38.0 Å². The Bertz CT molecular complexity index is 4750. The molecule has 3 aliphatic heterocycles. The molecular weight excluding hydrogens is 1500 g/mol. The van der Waals surface area contributed by atoms with Gasteiger partial charge in [-0.25, -0.2) is 39.1 Å². The molecule has 3 fully saturated rings. The number of hydrogen-bond donors (Lipinski definition) is 2. The SMILES string of the molecule is CC(C)(C)OC(=O)N1CCNC(=O)C1.ClCCl.[C-]#[N+]c1cncc(-c2ncc(Br)c(Oc3ccc(OC)cc3)n2)c1.[C-]#[N+]c1cncc(-c2ncc(N3CCN(C(=O)OC(C)(C)C)CC3=O)c(Oc3ccc(OC)cc3)n2)c1.[C-]#[N+]c1cncc(-c2ncc(N3CCNCC3=O)c(Oc3ccc(OC)cc3)n2)c1. The second-order valence-electron chi connectivity index (χ2n) is 24.6. The smallest absolute Gasteiger partial charge is 0.410 e. The number of anilines is 2. The predicted octanol–water partition coefficient (Wildman–Crippen LogP) is 13.7. The number of halogens is 3. The molecule has 12 rings (SSSR count). The normalized spacial score (nSPS) is 13.1. The monoisotopic (exact) mass is 1570 g/mol. The zero-order valence-corrected chi connectivity index (χ0v) is 63.1. The highest BCUT2D eigenvalue weighted by molar-refractivity contribution is 9.10. The van der Waals surface area contributed by atoms with Crippen LogP contribution in [0.25, 0.3) is 48.7 Å². The molecular formula is C74H73BrCl2N18O13. The van der Waals surface area contributed by atoms with Crippen molar-refractivity contribution in [3.8, 4) is 86.3 Å². The molecule has 0 atom stereocenters. The van der Waals surface area contributed by atoms with E-state index in [9.17, 15) is 24.0 Å². The van der Waals surface area contributed by atoms with E-state index in [1.165, 1.54) is 39.5 Å². The number of rotatable bonds is 14. The van der Waals surface area contributed by atoms with Gasteiger partial charge in [-0.3, -0.25) is 39.1 Å². The van der Waals surface area contributed by atoms with Crippen molar-refractivity contribution in [2.45, 2.75) is 52.7 Å². The van der Waals surface area contributed by atoms with Crippen LogP contribution in [0.5, 0.6) is 52.1 Å². The van der Waals surface area contributed by atoms with Gasteiger partial charge in [0.15, 0.2) is 17.5 Å². The fourth-order valence-corrected chi connectivity index (χ4v) is 9.84. The van der Waals surface area contributed by atoms with Crippen LogP contribution in [0, 0.1) is 19.7 Å². The van der Waals surface area contributed by atoms with Gasteiger partial charge in [-0.05, 0) is 148 Å². The molecule has 0 saturated carbocycles. The van der Waals surface area contributed by atoms with Gasteiger partial charge in [0.2, 0.25) is 52.4 Å². The third kappa shape index (κ3) is 24.1. The molecule has 0 radical (unpaired) electrons. The molecule has 0 bridgehead atoms. The molecule has 31 nitrogen and oxygen atoms in total. The Morgan fingerprint density at radius 2 is 0.861 bits per heavy atom. The molecule has 108 heavy (non-hydrogen) atoms. The number of amides is 5. The summed E-state index contributed by atoms with van der Waals surface area (Å²) in [5, 5.41) is 5.88. The Balaban J connectivity index is 0.000000187. The van der Waals surface area contributed by atoms with Crippen molar-refractivity contribution >= 4 is 97.5 Å². The van der Waals surface area contributed by atoms with Crippen molar-refractivity contribution in [1.29, 1.82) is 0 Å². The Labute approximate surface area is 641 Å². The maximum Gasteiger partial charge on any atom is 0.410 e. The van der Waals surface area contributed by atoms with E-state index >= 15 is 0 Å². The summed E-state index contributed by atoms with van der Waals surface area (Å²) >= 11 is 12.9. The number of carbonyl (C=O) groups excluding carboxylic acids is 5. The fraction of sp³-hybridized carbons (Fsp3) is 0.284.